The number of carbonyl (C=O) groups is 1. The quantitative estimate of drug-likeness (QED) is 0.572. The number of nitrogens with one attached hydrogen (secondary N) is 1. The molecule has 6 nitrogen and oxygen atoms in total. The molecule has 2 aromatic carbocycles. The summed E-state index contributed by atoms with van der Waals surface area (Å²) >= 11 is 0. The normalized spacial score (nSPS) is 16.6. The number of H-pyrrole nitrogens is 1. The number of hydrogen-bond acceptors (Lipinski definition) is 3. The van der Waals surface area contributed by atoms with Crippen LogP contribution in [0.1, 0.15) is 28.2 Å². The molecule has 1 fully saturated rings. The zero-order valence-electron chi connectivity index (χ0n) is 16.2. The molecule has 29 heavy (non-hydrogen) atoms. The summed E-state index contributed by atoms with van der Waals surface area (Å²) in [5, 5.41) is 9.45. The van der Waals surface area contributed by atoms with Gasteiger partial charge in [-0.1, -0.05) is 36.4 Å². The zero-order valence-corrected chi connectivity index (χ0v) is 16.2. The van der Waals surface area contributed by atoms with E-state index in [4.69, 9.17) is 0 Å². The number of hydrogen-bond donors (Lipinski definition) is 1. The Morgan fingerprint density at radius 2 is 2.00 bits per heavy atom. The van der Waals surface area contributed by atoms with Crippen molar-refractivity contribution in [1.29, 1.82) is 0 Å². The van der Waals surface area contributed by atoms with E-state index in [-0.39, 0.29) is 5.91 Å². The predicted octanol–water partition coefficient (Wildman–Crippen LogP) is 3.51. The van der Waals surface area contributed by atoms with Crippen LogP contribution in [0.25, 0.3) is 10.9 Å². The summed E-state index contributed by atoms with van der Waals surface area (Å²) < 4.78 is 2.11. The number of aromatic amines is 1. The molecule has 5 rings (SSSR count). The number of rotatable bonds is 5. The molecular weight excluding hydrogens is 362 g/mol. The molecule has 0 bridgehead atoms. The third-order valence-electron chi connectivity index (χ3n) is 5.76. The standard InChI is InChI=1S/C23H23N5O/c29-23(20-7-4-8-21-19(20)9-11-24-21)27-12-10-18(15-27)13-22-26-25-16-28(22)14-17-5-2-1-3-6-17/h1-9,11,16,18,24H,10,12-15H2. The summed E-state index contributed by atoms with van der Waals surface area (Å²) in [6, 6.07) is 18.2. The summed E-state index contributed by atoms with van der Waals surface area (Å²) in [5.41, 5.74) is 3.01. The van der Waals surface area contributed by atoms with E-state index in [2.05, 4.69) is 31.9 Å². The van der Waals surface area contributed by atoms with Crippen molar-refractivity contribution >= 4 is 16.8 Å². The molecule has 2 aromatic heterocycles. The lowest BCUT2D eigenvalue weighted by Crippen LogP contribution is -2.29. The SMILES string of the molecule is O=C(c1cccc2[nH]ccc12)N1CCC(Cc2nncn2Cc2ccccc2)C1. The number of fused-ring (bicyclic) bond motifs is 1. The molecule has 146 valence electrons. The van der Waals surface area contributed by atoms with Gasteiger partial charge in [0.15, 0.2) is 0 Å². The molecule has 1 aliphatic rings. The molecule has 1 unspecified atom stereocenters. The molecule has 0 saturated carbocycles. The topological polar surface area (TPSA) is 66.8 Å². The first-order chi connectivity index (χ1) is 14.3. The van der Waals surface area contributed by atoms with Crippen LogP contribution < -0.4 is 0 Å². The summed E-state index contributed by atoms with van der Waals surface area (Å²) in [6.07, 6.45) is 5.51. The van der Waals surface area contributed by atoms with Crippen molar-refractivity contribution in [2.75, 3.05) is 13.1 Å². The average molecular weight is 385 g/mol. The van der Waals surface area contributed by atoms with Gasteiger partial charge in [-0.3, -0.25) is 4.79 Å². The van der Waals surface area contributed by atoms with Crippen LogP contribution in [-0.4, -0.2) is 43.6 Å². The van der Waals surface area contributed by atoms with Gasteiger partial charge in [0.1, 0.15) is 12.2 Å². The average Bonchev–Trinajstić information content (AvgIpc) is 3.50. The number of nitrogens with zero attached hydrogens (tertiary/aromatic N) is 4. The van der Waals surface area contributed by atoms with E-state index < -0.39 is 0 Å². The fourth-order valence-corrected chi connectivity index (χ4v) is 4.23. The fourth-order valence-electron chi connectivity index (χ4n) is 4.23. The Kier molecular flexibility index (Phi) is 4.60. The number of amides is 1. The summed E-state index contributed by atoms with van der Waals surface area (Å²) in [6.45, 7) is 2.32. The van der Waals surface area contributed by atoms with Crippen LogP contribution >= 0.6 is 0 Å². The molecule has 1 N–H and O–H groups in total. The lowest BCUT2D eigenvalue weighted by atomic mass is 10.0. The molecule has 1 amide bonds. The second-order valence-electron chi connectivity index (χ2n) is 7.72. The van der Waals surface area contributed by atoms with Crippen LogP contribution in [0, 0.1) is 5.92 Å². The smallest absolute Gasteiger partial charge is 0.254 e. The molecule has 6 heteroatoms. The maximum absolute atomic E-state index is 13.1. The first kappa shape index (κ1) is 17.7. The minimum Gasteiger partial charge on any atom is -0.361 e. The van der Waals surface area contributed by atoms with Gasteiger partial charge < -0.3 is 14.5 Å². The molecule has 0 aliphatic carbocycles. The maximum atomic E-state index is 13.1. The van der Waals surface area contributed by atoms with Gasteiger partial charge in [0.25, 0.3) is 5.91 Å². The minimum atomic E-state index is 0.114. The lowest BCUT2D eigenvalue weighted by Gasteiger charge is -2.17. The second kappa shape index (κ2) is 7.54. The monoisotopic (exact) mass is 385 g/mol. The van der Waals surface area contributed by atoms with Gasteiger partial charge in [-0.15, -0.1) is 10.2 Å². The van der Waals surface area contributed by atoms with Crippen molar-refractivity contribution in [2.24, 2.45) is 5.92 Å². The molecule has 4 aromatic rings. The van der Waals surface area contributed by atoms with Crippen molar-refractivity contribution < 1.29 is 4.79 Å². The van der Waals surface area contributed by atoms with Gasteiger partial charge in [-0.25, -0.2) is 0 Å². The van der Waals surface area contributed by atoms with Crippen molar-refractivity contribution in [3.05, 3.63) is 84.1 Å². The molecule has 1 aliphatic heterocycles. The highest BCUT2D eigenvalue weighted by Gasteiger charge is 2.29. The summed E-state index contributed by atoms with van der Waals surface area (Å²) in [4.78, 5) is 18.3. The summed E-state index contributed by atoms with van der Waals surface area (Å²) in [5.74, 6) is 1.51. The van der Waals surface area contributed by atoms with Gasteiger partial charge in [0, 0.05) is 42.2 Å². The first-order valence-corrected chi connectivity index (χ1v) is 10.0. The van der Waals surface area contributed by atoms with Gasteiger partial charge in [-0.2, -0.15) is 0 Å². The number of aromatic nitrogens is 4. The molecule has 0 spiro atoms. The number of carbonyl (C=O) groups excluding carboxylic acids is 1. The third-order valence-corrected chi connectivity index (χ3v) is 5.76. The van der Waals surface area contributed by atoms with Gasteiger partial charge in [0.05, 0.1) is 6.54 Å². The second-order valence-corrected chi connectivity index (χ2v) is 7.72. The number of likely N-dealkylation sites (tertiary alicyclic amines) is 1. The highest BCUT2D eigenvalue weighted by molar-refractivity contribution is 6.06. The lowest BCUT2D eigenvalue weighted by molar-refractivity contribution is 0.0789. The molecule has 1 saturated heterocycles. The van der Waals surface area contributed by atoms with Crippen molar-refractivity contribution in [3.63, 3.8) is 0 Å². The van der Waals surface area contributed by atoms with Crippen LogP contribution in [0.4, 0.5) is 0 Å². The Labute approximate surface area is 169 Å². The van der Waals surface area contributed by atoms with Crippen molar-refractivity contribution in [2.45, 2.75) is 19.4 Å². The van der Waals surface area contributed by atoms with Gasteiger partial charge >= 0.3 is 0 Å². The highest BCUT2D eigenvalue weighted by Crippen LogP contribution is 2.25. The third kappa shape index (κ3) is 3.53. The van der Waals surface area contributed by atoms with Gasteiger partial charge in [-0.05, 0) is 36.1 Å². The van der Waals surface area contributed by atoms with E-state index in [1.54, 1.807) is 6.33 Å². The van der Waals surface area contributed by atoms with Crippen LogP contribution in [-0.2, 0) is 13.0 Å². The zero-order chi connectivity index (χ0) is 19.6. The Morgan fingerprint density at radius 3 is 2.90 bits per heavy atom. The Bertz CT molecular complexity index is 1130. The minimum absolute atomic E-state index is 0.114. The van der Waals surface area contributed by atoms with Crippen LogP contribution in [0.5, 0.6) is 0 Å². The molecule has 0 radical (unpaired) electrons. The van der Waals surface area contributed by atoms with E-state index in [1.165, 1.54) is 5.56 Å². The summed E-state index contributed by atoms with van der Waals surface area (Å²) in [7, 11) is 0. The fraction of sp³-hybridized carbons (Fsp3) is 0.261. The maximum Gasteiger partial charge on any atom is 0.254 e. The van der Waals surface area contributed by atoms with Crippen molar-refractivity contribution in [3.8, 4) is 0 Å². The van der Waals surface area contributed by atoms with Gasteiger partial charge in [0.2, 0.25) is 0 Å². The Hall–Kier alpha value is -3.41. The molecular formula is C23H23N5O. The molecule has 3 heterocycles. The highest BCUT2D eigenvalue weighted by atomic mass is 16.2. The number of benzene rings is 2. The van der Waals surface area contributed by atoms with Crippen molar-refractivity contribution in [1.82, 2.24) is 24.6 Å². The van der Waals surface area contributed by atoms with E-state index in [0.29, 0.717) is 5.92 Å². The Balaban J connectivity index is 1.27. The first-order valence-electron chi connectivity index (χ1n) is 10.0. The van der Waals surface area contributed by atoms with E-state index in [9.17, 15) is 4.79 Å². The molecule has 1 atom stereocenters. The largest absolute Gasteiger partial charge is 0.361 e. The van der Waals surface area contributed by atoms with E-state index in [1.807, 2.05) is 53.6 Å². The Morgan fingerprint density at radius 1 is 1.10 bits per heavy atom. The van der Waals surface area contributed by atoms with E-state index in [0.717, 1.165) is 54.8 Å². The van der Waals surface area contributed by atoms with E-state index >= 15 is 0 Å². The van der Waals surface area contributed by atoms with Crippen LogP contribution in [0.3, 0.4) is 0 Å². The van der Waals surface area contributed by atoms with Crippen LogP contribution in [0.2, 0.25) is 0 Å². The predicted molar refractivity (Wildman–Crippen MR) is 112 cm³/mol. The van der Waals surface area contributed by atoms with Crippen LogP contribution in [0.15, 0.2) is 67.1 Å².